The highest BCUT2D eigenvalue weighted by molar-refractivity contribution is 9.10. The average Bonchev–Trinajstić information content (AvgIpc) is 1.96. The second kappa shape index (κ2) is 3.31. The third-order valence-corrected chi connectivity index (χ3v) is 3.36. The largest absolute Gasteiger partial charge is 0.508 e. The maximum atomic E-state index is 9.69. The summed E-state index contributed by atoms with van der Waals surface area (Å²) in [5, 5.41) is 13.0. The molecule has 1 atom stereocenters. The van der Waals surface area contributed by atoms with Crippen molar-refractivity contribution in [3.63, 3.8) is 0 Å². The Hall–Kier alpha value is -0.540. The Kier molecular flexibility index (Phi) is 2.30. The number of nitrogens with one attached hydrogen (secondary N) is 1. The van der Waals surface area contributed by atoms with E-state index in [2.05, 4.69) is 21.2 Å². The van der Waals surface area contributed by atoms with Crippen LogP contribution in [0.4, 0.5) is 0 Å². The van der Waals surface area contributed by atoms with E-state index in [1.54, 1.807) is 6.07 Å². The zero-order valence-corrected chi connectivity index (χ0v) is 9.06. The Morgan fingerprint density at radius 2 is 2.23 bits per heavy atom. The molecule has 1 aromatic rings. The molecule has 1 aliphatic heterocycles. The number of halogens is 1. The summed E-state index contributed by atoms with van der Waals surface area (Å²) in [6, 6.07) is 4.15. The Labute approximate surface area is 86.1 Å². The van der Waals surface area contributed by atoms with Gasteiger partial charge >= 0.3 is 0 Å². The second-order valence-electron chi connectivity index (χ2n) is 3.46. The van der Waals surface area contributed by atoms with Crippen molar-refractivity contribution in [2.75, 3.05) is 6.54 Å². The molecule has 1 fully saturated rings. The summed E-state index contributed by atoms with van der Waals surface area (Å²) in [6.07, 6.45) is 1.11. The van der Waals surface area contributed by atoms with Gasteiger partial charge in [0.2, 0.25) is 0 Å². The Morgan fingerprint density at radius 1 is 1.54 bits per heavy atom. The van der Waals surface area contributed by atoms with Gasteiger partial charge in [-0.2, -0.15) is 0 Å². The molecule has 2 rings (SSSR count). The lowest BCUT2D eigenvalue weighted by molar-refractivity contribution is 0.364. The van der Waals surface area contributed by atoms with Gasteiger partial charge in [0.1, 0.15) is 5.75 Å². The quantitative estimate of drug-likeness (QED) is 0.792. The van der Waals surface area contributed by atoms with Gasteiger partial charge in [0.25, 0.3) is 0 Å². The van der Waals surface area contributed by atoms with Gasteiger partial charge in [-0.05, 0) is 37.6 Å². The maximum absolute atomic E-state index is 9.69. The summed E-state index contributed by atoms with van der Waals surface area (Å²) in [4.78, 5) is 0. The standard InChI is InChI=1S/C10H12BrNO/c1-6-4-10(13)7(5-8(6)11)9-2-3-12-9/h4-5,9,12-13H,2-3H2,1H3/t9-/m1/s1. The molecule has 1 aromatic carbocycles. The molecule has 0 saturated carbocycles. The topological polar surface area (TPSA) is 32.3 Å². The predicted molar refractivity (Wildman–Crippen MR) is 55.9 cm³/mol. The van der Waals surface area contributed by atoms with E-state index < -0.39 is 0 Å². The molecule has 1 saturated heterocycles. The van der Waals surface area contributed by atoms with Crippen molar-refractivity contribution in [1.29, 1.82) is 0 Å². The number of aryl methyl sites for hydroxylation is 1. The van der Waals surface area contributed by atoms with Gasteiger partial charge in [-0.15, -0.1) is 0 Å². The SMILES string of the molecule is Cc1cc(O)c([C@H]2CCN2)cc1Br. The molecule has 0 spiro atoms. The van der Waals surface area contributed by atoms with Crippen molar-refractivity contribution >= 4 is 15.9 Å². The Bertz CT molecular complexity index is 334. The third-order valence-electron chi connectivity index (χ3n) is 2.51. The van der Waals surface area contributed by atoms with Crippen LogP contribution in [0.1, 0.15) is 23.6 Å². The summed E-state index contributed by atoms with van der Waals surface area (Å²) in [7, 11) is 0. The van der Waals surface area contributed by atoms with Crippen LogP contribution in [0.3, 0.4) is 0 Å². The van der Waals surface area contributed by atoms with Crippen molar-refractivity contribution < 1.29 is 5.11 Å². The molecular formula is C10H12BrNO. The number of hydrogen-bond acceptors (Lipinski definition) is 2. The van der Waals surface area contributed by atoms with E-state index in [9.17, 15) is 5.11 Å². The molecular weight excluding hydrogens is 230 g/mol. The van der Waals surface area contributed by atoms with Crippen LogP contribution in [-0.2, 0) is 0 Å². The zero-order chi connectivity index (χ0) is 9.42. The van der Waals surface area contributed by atoms with Crippen LogP contribution in [-0.4, -0.2) is 11.7 Å². The fraction of sp³-hybridized carbons (Fsp3) is 0.400. The second-order valence-corrected chi connectivity index (χ2v) is 4.31. The van der Waals surface area contributed by atoms with Crippen LogP contribution >= 0.6 is 15.9 Å². The molecule has 1 heterocycles. The normalized spacial score (nSPS) is 21.2. The van der Waals surface area contributed by atoms with Crippen LogP contribution < -0.4 is 5.32 Å². The Balaban J connectivity index is 2.39. The summed E-state index contributed by atoms with van der Waals surface area (Å²) >= 11 is 3.46. The van der Waals surface area contributed by atoms with Crippen LogP contribution in [0.25, 0.3) is 0 Å². The number of phenols is 1. The highest BCUT2D eigenvalue weighted by atomic mass is 79.9. The van der Waals surface area contributed by atoms with Crippen LogP contribution in [0, 0.1) is 6.92 Å². The summed E-state index contributed by atoms with van der Waals surface area (Å²) < 4.78 is 1.06. The van der Waals surface area contributed by atoms with E-state index in [1.165, 1.54) is 0 Å². The molecule has 1 aliphatic rings. The van der Waals surface area contributed by atoms with E-state index in [1.807, 2.05) is 13.0 Å². The van der Waals surface area contributed by atoms with Crippen molar-refractivity contribution in [2.24, 2.45) is 0 Å². The molecule has 0 amide bonds. The van der Waals surface area contributed by atoms with Gasteiger partial charge in [0.15, 0.2) is 0 Å². The van der Waals surface area contributed by atoms with Crippen molar-refractivity contribution in [1.82, 2.24) is 5.32 Å². The lowest BCUT2D eigenvalue weighted by Gasteiger charge is -2.28. The minimum atomic E-state index is 0.344. The number of rotatable bonds is 1. The zero-order valence-electron chi connectivity index (χ0n) is 7.47. The minimum Gasteiger partial charge on any atom is -0.508 e. The van der Waals surface area contributed by atoms with Crippen molar-refractivity contribution in [3.05, 3.63) is 27.7 Å². The summed E-state index contributed by atoms with van der Waals surface area (Å²) in [5.74, 6) is 0.401. The third kappa shape index (κ3) is 1.58. The molecule has 13 heavy (non-hydrogen) atoms. The first kappa shape index (κ1) is 9.03. The molecule has 70 valence electrons. The molecule has 0 aliphatic carbocycles. The monoisotopic (exact) mass is 241 g/mol. The van der Waals surface area contributed by atoms with E-state index in [4.69, 9.17) is 0 Å². The average molecular weight is 242 g/mol. The first-order valence-electron chi connectivity index (χ1n) is 4.41. The molecule has 0 radical (unpaired) electrons. The number of aromatic hydroxyl groups is 1. The number of benzene rings is 1. The fourth-order valence-electron chi connectivity index (χ4n) is 1.51. The van der Waals surface area contributed by atoms with E-state index in [0.717, 1.165) is 28.6 Å². The summed E-state index contributed by atoms with van der Waals surface area (Å²) in [6.45, 7) is 3.03. The molecule has 3 heteroatoms. The van der Waals surface area contributed by atoms with Gasteiger partial charge in [0.05, 0.1) is 0 Å². The van der Waals surface area contributed by atoms with Gasteiger partial charge in [0, 0.05) is 16.1 Å². The molecule has 0 bridgehead atoms. The highest BCUT2D eigenvalue weighted by Gasteiger charge is 2.21. The van der Waals surface area contributed by atoms with Crippen LogP contribution in [0.15, 0.2) is 16.6 Å². The predicted octanol–water partition coefficient (Wildman–Crippen LogP) is 2.50. The Morgan fingerprint density at radius 3 is 2.77 bits per heavy atom. The van der Waals surface area contributed by atoms with E-state index in [0.29, 0.717) is 11.8 Å². The lowest BCUT2D eigenvalue weighted by Crippen LogP contribution is -2.34. The van der Waals surface area contributed by atoms with Crippen LogP contribution in [0.5, 0.6) is 5.75 Å². The molecule has 0 aromatic heterocycles. The molecule has 2 N–H and O–H groups in total. The summed E-state index contributed by atoms with van der Waals surface area (Å²) in [5.41, 5.74) is 2.07. The first-order valence-corrected chi connectivity index (χ1v) is 5.20. The minimum absolute atomic E-state index is 0.344. The fourth-order valence-corrected chi connectivity index (χ4v) is 1.88. The van der Waals surface area contributed by atoms with Crippen LogP contribution in [0.2, 0.25) is 0 Å². The smallest absolute Gasteiger partial charge is 0.120 e. The highest BCUT2D eigenvalue weighted by Crippen LogP contribution is 2.34. The lowest BCUT2D eigenvalue weighted by atomic mass is 9.96. The van der Waals surface area contributed by atoms with E-state index in [-0.39, 0.29) is 0 Å². The van der Waals surface area contributed by atoms with E-state index >= 15 is 0 Å². The maximum Gasteiger partial charge on any atom is 0.120 e. The number of phenolic OH excluding ortho intramolecular Hbond substituents is 1. The van der Waals surface area contributed by atoms with Gasteiger partial charge in [-0.1, -0.05) is 15.9 Å². The first-order chi connectivity index (χ1) is 6.18. The van der Waals surface area contributed by atoms with Gasteiger partial charge in [-0.3, -0.25) is 0 Å². The van der Waals surface area contributed by atoms with Gasteiger partial charge < -0.3 is 10.4 Å². The van der Waals surface area contributed by atoms with Crippen molar-refractivity contribution in [3.8, 4) is 5.75 Å². The number of hydrogen-bond donors (Lipinski definition) is 2. The molecule has 0 unspecified atom stereocenters. The van der Waals surface area contributed by atoms with Gasteiger partial charge in [-0.25, -0.2) is 0 Å². The molecule has 2 nitrogen and oxygen atoms in total. The van der Waals surface area contributed by atoms with Crippen molar-refractivity contribution in [2.45, 2.75) is 19.4 Å².